The smallest absolute Gasteiger partial charge is 0.191 e. The molecule has 1 aliphatic rings. The third kappa shape index (κ3) is 3.43. The standard InChI is InChI=1S/C16H20ClN3S/c1-2-20-15(13-5-3-4-6-13)18-19-16(20)21-11-12-7-9-14(17)10-8-12/h7-10,13H,2-6,11H2,1H3. The van der Waals surface area contributed by atoms with Gasteiger partial charge in [-0.3, -0.25) is 0 Å². The van der Waals surface area contributed by atoms with Gasteiger partial charge >= 0.3 is 0 Å². The van der Waals surface area contributed by atoms with Crippen LogP contribution in [0.2, 0.25) is 5.02 Å². The number of hydrogen-bond acceptors (Lipinski definition) is 3. The van der Waals surface area contributed by atoms with E-state index in [0.29, 0.717) is 5.92 Å². The highest BCUT2D eigenvalue weighted by Gasteiger charge is 2.23. The third-order valence-electron chi connectivity index (χ3n) is 4.06. The lowest BCUT2D eigenvalue weighted by atomic mass is 10.1. The number of rotatable bonds is 5. The molecule has 0 N–H and O–H groups in total. The van der Waals surface area contributed by atoms with Crippen LogP contribution in [0.15, 0.2) is 29.4 Å². The van der Waals surface area contributed by atoms with Gasteiger partial charge in [-0.1, -0.05) is 48.3 Å². The molecule has 112 valence electrons. The van der Waals surface area contributed by atoms with Crippen molar-refractivity contribution >= 4 is 23.4 Å². The van der Waals surface area contributed by atoms with Crippen molar-refractivity contribution in [2.75, 3.05) is 0 Å². The molecule has 5 heteroatoms. The quantitative estimate of drug-likeness (QED) is 0.734. The summed E-state index contributed by atoms with van der Waals surface area (Å²) in [7, 11) is 0. The van der Waals surface area contributed by atoms with Crippen LogP contribution in [0.25, 0.3) is 0 Å². The van der Waals surface area contributed by atoms with Crippen molar-refractivity contribution in [2.24, 2.45) is 0 Å². The molecule has 1 fully saturated rings. The molecule has 0 spiro atoms. The Morgan fingerprint density at radius 1 is 1.19 bits per heavy atom. The number of halogens is 1. The molecule has 1 saturated carbocycles. The SMILES string of the molecule is CCn1c(SCc2ccc(Cl)cc2)nnc1C1CCCC1. The summed E-state index contributed by atoms with van der Waals surface area (Å²) >= 11 is 7.68. The highest BCUT2D eigenvalue weighted by Crippen LogP contribution is 2.34. The first-order chi connectivity index (χ1) is 10.3. The van der Waals surface area contributed by atoms with Crippen LogP contribution in [-0.4, -0.2) is 14.8 Å². The van der Waals surface area contributed by atoms with Gasteiger partial charge in [-0.05, 0) is 37.5 Å². The number of hydrogen-bond donors (Lipinski definition) is 0. The van der Waals surface area contributed by atoms with E-state index in [4.69, 9.17) is 11.6 Å². The van der Waals surface area contributed by atoms with Crippen LogP contribution in [0.1, 0.15) is 49.9 Å². The van der Waals surface area contributed by atoms with Gasteiger partial charge in [-0.2, -0.15) is 0 Å². The van der Waals surface area contributed by atoms with E-state index >= 15 is 0 Å². The molecule has 3 rings (SSSR count). The van der Waals surface area contributed by atoms with Crippen molar-refractivity contribution in [1.29, 1.82) is 0 Å². The molecule has 1 aliphatic carbocycles. The van der Waals surface area contributed by atoms with E-state index in [-0.39, 0.29) is 0 Å². The largest absolute Gasteiger partial charge is 0.306 e. The van der Waals surface area contributed by atoms with Crippen LogP contribution in [0.3, 0.4) is 0 Å². The van der Waals surface area contributed by atoms with Gasteiger partial charge in [0.1, 0.15) is 5.82 Å². The molecular weight excluding hydrogens is 302 g/mol. The lowest BCUT2D eigenvalue weighted by Gasteiger charge is -2.11. The maximum atomic E-state index is 5.92. The maximum absolute atomic E-state index is 5.92. The first-order valence-corrected chi connectivity index (χ1v) is 8.94. The van der Waals surface area contributed by atoms with Crippen LogP contribution in [0.5, 0.6) is 0 Å². The monoisotopic (exact) mass is 321 g/mol. The van der Waals surface area contributed by atoms with Crippen LogP contribution >= 0.6 is 23.4 Å². The average Bonchev–Trinajstić information content (AvgIpc) is 3.15. The molecule has 0 amide bonds. The van der Waals surface area contributed by atoms with Crippen LogP contribution in [0, 0.1) is 0 Å². The highest BCUT2D eigenvalue weighted by atomic mass is 35.5. The second-order valence-electron chi connectivity index (χ2n) is 5.48. The molecule has 2 aromatic rings. The van der Waals surface area contributed by atoms with E-state index in [1.807, 2.05) is 12.1 Å². The van der Waals surface area contributed by atoms with Crippen molar-refractivity contribution in [3.63, 3.8) is 0 Å². The van der Waals surface area contributed by atoms with E-state index < -0.39 is 0 Å². The molecule has 0 atom stereocenters. The number of nitrogens with zero attached hydrogens (tertiary/aromatic N) is 3. The number of benzene rings is 1. The van der Waals surface area contributed by atoms with Gasteiger partial charge in [0.25, 0.3) is 0 Å². The molecule has 1 heterocycles. The van der Waals surface area contributed by atoms with Crippen molar-refractivity contribution < 1.29 is 0 Å². The number of aromatic nitrogens is 3. The summed E-state index contributed by atoms with van der Waals surface area (Å²) in [5.74, 6) is 2.70. The molecule has 0 radical (unpaired) electrons. The zero-order valence-electron chi connectivity index (χ0n) is 12.3. The molecule has 0 aliphatic heterocycles. The fourth-order valence-electron chi connectivity index (χ4n) is 2.92. The van der Waals surface area contributed by atoms with Gasteiger partial charge in [-0.15, -0.1) is 10.2 Å². The normalized spacial score (nSPS) is 15.7. The van der Waals surface area contributed by atoms with Crippen molar-refractivity contribution in [3.8, 4) is 0 Å². The number of thioether (sulfide) groups is 1. The summed E-state index contributed by atoms with van der Waals surface area (Å²) in [6.45, 7) is 3.12. The van der Waals surface area contributed by atoms with E-state index in [1.165, 1.54) is 37.1 Å². The second kappa shape index (κ2) is 6.84. The summed E-state index contributed by atoms with van der Waals surface area (Å²) in [5, 5.41) is 10.7. The van der Waals surface area contributed by atoms with Crippen LogP contribution < -0.4 is 0 Å². The topological polar surface area (TPSA) is 30.7 Å². The lowest BCUT2D eigenvalue weighted by molar-refractivity contribution is 0.576. The van der Waals surface area contributed by atoms with Gasteiger partial charge in [0.05, 0.1) is 0 Å². The van der Waals surface area contributed by atoms with E-state index in [1.54, 1.807) is 11.8 Å². The molecule has 1 aromatic carbocycles. The zero-order valence-corrected chi connectivity index (χ0v) is 13.8. The molecule has 21 heavy (non-hydrogen) atoms. The predicted molar refractivity (Wildman–Crippen MR) is 87.9 cm³/mol. The second-order valence-corrected chi connectivity index (χ2v) is 6.86. The summed E-state index contributed by atoms with van der Waals surface area (Å²) < 4.78 is 2.29. The molecule has 3 nitrogen and oxygen atoms in total. The zero-order chi connectivity index (χ0) is 14.7. The molecule has 1 aromatic heterocycles. The Kier molecular flexibility index (Phi) is 4.86. The Bertz CT molecular complexity index is 588. The first kappa shape index (κ1) is 14.9. The maximum Gasteiger partial charge on any atom is 0.191 e. The summed E-state index contributed by atoms with van der Waals surface area (Å²) in [5.41, 5.74) is 1.26. The van der Waals surface area contributed by atoms with Gasteiger partial charge in [-0.25, -0.2) is 0 Å². The minimum atomic E-state index is 0.613. The fourth-order valence-corrected chi connectivity index (χ4v) is 4.01. The first-order valence-electron chi connectivity index (χ1n) is 7.58. The predicted octanol–water partition coefficient (Wildman–Crippen LogP) is 4.90. The Morgan fingerprint density at radius 3 is 2.57 bits per heavy atom. The lowest BCUT2D eigenvalue weighted by Crippen LogP contribution is -2.06. The Hall–Kier alpha value is -1.00. The van der Waals surface area contributed by atoms with Gasteiger partial charge in [0, 0.05) is 23.2 Å². The summed E-state index contributed by atoms with van der Waals surface area (Å²) in [6.07, 6.45) is 5.18. The van der Waals surface area contributed by atoms with Crippen LogP contribution in [-0.2, 0) is 12.3 Å². The molecule has 0 unspecified atom stereocenters. The van der Waals surface area contributed by atoms with Crippen LogP contribution in [0.4, 0.5) is 0 Å². The van der Waals surface area contributed by atoms with E-state index in [0.717, 1.165) is 22.5 Å². The van der Waals surface area contributed by atoms with Gasteiger partial charge in [0.2, 0.25) is 0 Å². The Balaban J connectivity index is 1.71. The summed E-state index contributed by atoms with van der Waals surface area (Å²) in [4.78, 5) is 0. The van der Waals surface area contributed by atoms with Crippen molar-refractivity contribution in [2.45, 2.75) is 56.0 Å². The minimum Gasteiger partial charge on any atom is -0.306 e. The highest BCUT2D eigenvalue weighted by molar-refractivity contribution is 7.98. The Morgan fingerprint density at radius 2 is 1.90 bits per heavy atom. The van der Waals surface area contributed by atoms with Crippen molar-refractivity contribution in [3.05, 3.63) is 40.7 Å². The third-order valence-corrected chi connectivity index (χ3v) is 5.35. The summed E-state index contributed by atoms with van der Waals surface area (Å²) in [6, 6.07) is 8.01. The van der Waals surface area contributed by atoms with Gasteiger partial charge in [0.15, 0.2) is 5.16 Å². The fraction of sp³-hybridized carbons (Fsp3) is 0.500. The van der Waals surface area contributed by atoms with Crippen molar-refractivity contribution in [1.82, 2.24) is 14.8 Å². The molecular formula is C16H20ClN3S. The Labute approximate surface area is 135 Å². The van der Waals surface area contributed by atoms with Gasteiger partial charge < -0.3 is 4.57 Å². The van der Waals surface area contributed by atoms with E-state index in [2.05, 4.69) is 33.8 Å². The molecule has 0 bridgehead atoms. The molecule has 0 saturated heterocycles. The van der Waals surface area contributed by atoms with E-state index in [9.17, 15) is 0 Å². The average molecular weight is 322 g/mol. The minimum absolute atomic E-state index is 0.613.